The highest BCUT2D eigenvalue weighted by Crippen LogP contribution is 2.25. The van der Waals surface area contributed by atoms with Crippen molar-refractivity contribution in [2.45, 2.75) is 18.7 Å². The van der Waals surface area contributed by atoms with Crippen LogP contribution in [0.15, 0.2) is 47.6 Å². The van der Waals surface area contributed by atoms with Gasteiger partial charge in [0.1, 0.15) is 12.1 Å². The minimum atomic E-state index is -3.76. The lowest BCUT2D eigenvalue weighted by molar-refractivity contribution is -0.120. The first-order chi connectivity index (χ1) is 14.2. The van der Waals surface area contributed by atoms with Crippen LogP contribution in [0.2, 0.25) is 0 Å². The molecule has 0 aliphatic carbocycles. The standard InChI is InChI=1S/C19H21N7O3S/c1-12-7-13(2)26(24-12)18-8-17(21-11-22-18)25-9-14(10-25)19(27)23-15-3-5-16(6-4-15)30(20,28)29/h3-8,11,14H,9-10H2,1-2H3,(H,23,27)(H2,20,28,29). The molecule has 3 heterocycles. The van der Waals surface area contributed by atoms with Gasteiger partial charge in [0.2, 0.25) is 15.9 Å². The second-order valence-corrected chi connectivity index (χ2v) is 8.80. The summed E-state index contributed by atoms with van der Waals surface area (Å²) in [4.78, 5) is 23.0. The van der Waals surface area contributed by atoms with E-state index < -0.39 is 10.0 Å². The van der Waals surface area contributed by atoms with Gasteiger partial charge in [-0.25, -0.2) is 28.2 Å². The molecule has 10 nitrogen and oxygen atoms in total. The van der Waals surface area contributed by atoms with Gasteiger partial charge in [-0.2, -0.15) is 5.10 Å². The number of carbonyl (C=O) groups is 1. The fourth-order valence-electron chi connectivity index (χ4n) is 3.29. The molecule has 0 bridgehead atoms. The Morgan fingerprint density at radius 1 is 1.10 bits per heavy atom. The van der Waals surface area contributed by atoms with Crippen LogP contribution < -0.4 is 15.4 Å². The largest absolute Gasteiger partial charge is 0.355 e. The molecule has 11 heteroatoms. The molecule has 1 aliphatic rings. The Morgan fingerprint density at radius 2 is 1.77 bits per heavy atom. The monoisotopic (exact) mass is 427 g/mol. The molecule has 30 heavy (non-hydrogen) atoms. The molecule has 156 valence electrons. The molecule has 2 aromatic heterocycles. The lowest BCUT2D eigenvalue weighted by Crippen LogP contribution is -2.52. The maximum Gasteiger partial charge on any atom is 0.238 e. The van der Waals surface area contributed by atoms with Gasteiger partial charge in [-0.15, -0.1) is 0 Å². The number of hydrogen-bond donors (Lipinski definition) is 2. The average Bonchev–Trinajstić information content (AvgIpc) is 2.99. The normalized spacial score (nSPS) is 14.4. The molecular weight excluding hydrogens is 406 g/mol. The number of rotatable bonds is 5. The summed E-state index contributed by atoms with van der Waals surface area (Å²) >= 11 is 0. The van der Waals surface area contributed by atoms with E-state index in [4.69, 9.17) is 5.14 Å². The van der Waals surface area contributed by atoms with Crippen molar-refractivity contribution in [3.8, 4) is 5.82 Å². The van der Waals surface area contributed by atoms with Crippen molar-refractivity contribution >= 4 is 27.4 Å². The Hall–Kier alpha value is -3.31. The number of hydrogen-bond acceptors (Lipinski definition) is 7. The molecular formula is C19H21N7O3S. The number of sulfonamides is 1. The number of carbonyl (C=O) groups excluding carboxylic acids is 1. The topological polar surface area (TPSA) is 136 Å². The Bertz CT molecular complexity index is 1200. The molecule has 3 aromatic rings. The van der Waals surface area contributed by atoms with Crippen molar-refractivity contribution in [1.82, 2.24) is 19.7 Å². The van der Waals surface area contributed by atoms with Gasteiger partial charge in [0.25, 0.3) is 0 Å². The molecule has 1 aromatic carbocycles. The highest BCUT2D eigenvalue weighted by molar-refractivity contribution is 7.89. The van der Waals surface area contributed by atoms with Crippen LogP contribution in [0.1, 0.15) is 11.4 Å². The van der Waals surface area contributed by atoms with Crippen LogP contribution in [0.3, 0.4) is 0 Å². The molecule has 0 radical (unpaired) electrons. The maximum absolute atomic E-state index is 12.5. The van der Waals surface area contributed by atoms with Crippen LogP contribution in [0.5, 0.6) is 0 Å². The number of primary sulfonamides is 1. The third-order valence-corrected chi connectivity index (χ3v) is 5.82. The minimum absolute atomic E-state index is 0.00232. The quantitative estimate of drug-likeness (QED) is 0.620. The number of aromatic nitrogens is 4. The zero-order chi connectivity index (χ0) is 21.5. The fraction of sp³-hybridized carbons (Fsp3) is 0.263. The van der Waals surface area contributed by atoms with E-state index in [9.17, 15) is 13.2 Å². The van der Waals surface area contributed by atoms with Crippen molar-refractivity contribution in [1.29, 1.82) is 0 Å². The van der Waals surface area contributed by atoms with Gasteiger partial charge < -0.3 is 10.2 Å². The second-order valence-electron chi connectivity index (χ2n) is 7.23. The third-order valence-electron chi connectivity index (χ3n) is 4.89. The van der Waals surface area contributed by atoms with E-state index in [1.54, 1.807) is 4.68 Å². The van der Waals surface area contributed by atoms with E-state index in [0.29, 0.717) is 24.6 Å². The first kappa shape index (κ1) is 20.0. The van der Waals surface area contributed by atoms with E-state index in [1.807, 2.05) is 30.9 Å². The van der Waals surface area contributed by atoms with E-state index in [-0.39, 0.29) is 16.7 Å². The average molecular weight is 427 g/mol. The lowest BCUT2D eigenvalue weighted by atomic mass is 9.99. The summed E-state index contributed by atoms with van der Waals surface area (Å²) in [6, 6.07) is 9.57. The molecule has 4 rings (SSSR count). The van der Waals surface area contributed by atoms with Crippen LogP contribution in [0.25, 0.3) is 5.82 Å². The third kappa shape index (κ3) is 4.02. The molecule has 1 saturated heterocycles. The number of amides is 1. The van der Waals surface area contributed by atoms with E-state index in [0.717, 1.165) is 17.2 Å². The van der Waals surface area contributed by atoms with E-state index >= 15 is 0 Å². The zero-order valence-electron chi connectivity index (χ0n) is 16.5. The van der Waals surface area contributed by atoms with Gasteiger partial charge in [-0.05, 0) is 44.2 Å². The van der Waals surface area contributed by atoms with Gasteiger partial charge in [0.05, 0.1) is 16.5 Å². The Labute approximate surface area is 173 Å². The van der Waals surface area contributed by atoms with Crippen LogP contribution in [-0.2, 0) is 14.8 Å². The van der Waals surface area contributed by atoms with Crippen molar-refractivity contribution in [3.05, 3.63) is 54.1 Å². The number of nitrogens with one attached hydrogen (secondary N) is 1. The van der Waals surface area contributed by atoms with Gasteiger partial charge in [-0.1, -0.05) is 0 Å². The minimum Gasteiger partial charge on any atom is -0.355 e. The number of nitrogens with two attached hydrogens (primary N) is 1. The molecule has 0 unspecified atom stereocenters. The summed E-state index contributed by atoms with van der Waals surface area (Å²) in [5, 5.41) is 12.3. The zero-order valence-corrected chi connectivity index (χ0v) is 17.3. The molecule has 0 spiro atoms. The molecule has 0 saturated carbocycles. The summed E-state index contributed by atoms with van der Waals surface area (Å²) in [5.41, 5.74) is 2.40. The predicted octanol–water partition coefficient (Wildman–Crippen LogP) is 1.00. The summed E-state index contributed by atoms with van der Waals surface area (Å²) in [6.07, 6.45) is 1.49. The molecule has 1 aliphatic heterocycles. The van der Waals surface area contributed by atoms with Crippen LogP contribution in [-0.4, -0.2) is 47.2 Å². The highest BCUT2D eigenvalue weighted by Gasteiger charge is 2.33. The molecule has 1 fully saturated rings. The van der Waals surface area contributed by atoms with Crippen molar-refractivity contribution in [2.24, 2.45) is 11.1 Å². The maximum atomic E-state index is 12.5. The molecule has 3 N–H and O–H groups in total. The Morgan fingerprint density at radius 3 is 2.37 bits per heavy atom. The van der Waals surface area contributed by atoms with Gasteiger partial charge in [0.15, 0.2) is 5.82 Å². The van der Waals surface area contributed by atoms with Crippen molar-refractivity contribution in [3.63, 3.8) is 0 Å². The van der Waals surface area contributed by atoms with E-state index in [2.05, 4.69) is 20.4 Å². The SMILES string of the molecule is Cc1cc(C)n(-c2cc(N3CC(C(=O)Nc4ccc(S(N)(=O)=O)cc4)C3)ncn2)n1. The Balaban J connectivity index is 1.38. The molecule has 1 amide bonds. The van der Waals surface area contributed by atoms with Gasteiger partial charge in [-0.3, -0.25) is 4.79 Å². The van der Waals surface area contributed by atoms with Crippen molar-refractivity contribution < 1.29 is 13.2 Å². The fourth-order valence-corrected chi connectivity index (χ4v) is 3.81. The van der Waals surface area contributed by atoms with Gasteiger partial charge >= 0.3 is 0 Å². The summed E-state index contributed by atoms with van der Waals surface area (Å²) in [7, 11) is -3.76. The number of aryl methyl sites for hydroxylation is 2. The van der Waals surface area contributed by atoms with Crippen LogP contribution >= 0.6 is 0 Å². The number of benzene rings is 1. The lowest BCUT2D eigenvalue weighted by Gasteiger charge is -2.39. The first-order valence-electron chi connectivity index (χ1n) is 9.25. The van der Waals surface area contributed by atoms with Crippen molar-refractivity contribution in [2.75, 3.05) is 23.3 Å². The van der Waals surface area contributed by atoms with Gasteiger partial charge in [0, 0.05) is 30.5 Å². The van der Waals surface area contributed by atoms with Crippen LogP contribution in [0, 0.1) is 19.8 Å². The highest BCUT2D eigenvalue weighted by atomic mass is 32.2. The molecule has 0 atom stereocenters. The summed E-state index contributed by atoms with van der Waals surface area (Å²) in [6.45, 7) is 4.93. The Kier molecular flexibility index (Phi) is 5.00. The summed E-state index contributed by atoms with van der Waals surface area (Å²) in [5.74, 6) is 1.07. The smallest absolute Gasteiger partial charge is 0.238 e. The van der Waals surface area contributed by atoms with Crippen LogP contribution in [0.4, 0.5) is 11.5 Å². The first-order valence-corrected chi connectivity index (χ1v) is 10.8. The number of anilines is 2. The predicted molar refractivity (Wildman–Crippen MR) is 111 cm³/mol. The second kappa shape index (κ2) is 7.50. The summed E-state index contributed by atoms with van der Waals surface area (Å²) < 4.78 is 24.4. The van der Waals surface area contributed by atoms with E-state index in [1.165, 1.54) is 30.6 Å². The number of nitrogens with zero attached hydrogens (tertiary/aromatic N) is 5.